The van der Waals surface area contributed by atoms with E-state index in [1.807, 2.05) is 0 Å². The van der Waals surface area contributed by atoms with Crippen molar-refractivity contribution < 1.29 is 13.9 Å². The van der Waals surface area contributed by atoms with Crippen molar-refractivity contribution in [2.24, 2.45) is 5.92 Å². The smallest absolute Gasteiger partial charge is 0.207 e. The van der Waals surface area contributed by atoms with Crippen molar-refractivity contribution >= 4 is 6.41 Å². The summed E-state index contributed by atoms with van der Waals surface area (Å²) in [7, 11) is 0. The molecule has 2 rings (SSSR count). The van der Waals surface area contributed by atoms with Crippen LogP contribution in [0.3, 0.4) is 0 Å². The molecule has 1 N–H and O–H groups in total. The molecule has 3 nitrogen and oxygen atoms in total. The molecule has 1 amide bonds. The molecule has 0 aromatic heterocycles. The van der Waals surface area contributed by atoms with Gasteiger partial charge in [-0.1, -0.05) is 12.1 Å². The zero-order valence-electron chi connectivity index (χ0n) is 8.86. The third kappa shape index (κ3) is 2.39. The fourth-order valence-corrected chi connectivity index (χ4v) is 2.06. The number of hydrogen-bond donors (Lipinski definition) is 1. The Hall–Kier alpha value is -1.42. The minimum absolute atomic E-state index is 0.0828. The van der Waals surface area contributed by atoms with Crippen LogP contribution in [0.15, 0.2) is 24.3 Å². The molecule has 86 valence electrons. The number of amides is 1. The van der Waals surface area contributed by atoms with Crippen LogP contribution in [0, 0.1) is 11.7 Å². The van der Waals surface area contributed by atoms with Gasteiger partial charge in [-0.05, 0) is 24.1 Å². The van der Waals surface area contributed by atoms with Gasteiger partial charge in [-0.2, -0.15) is 0 Å². The SMILES string of the molecule is O=CNC(c1ccc(F)cc1)C1CCOC1. The number of ether oxygens (including phenoxy) is 1. The van der Waals surface area contributed by atoms with Gasteiger partial charge >= 0.3 is 0 Å². The van der Waals surface area contributed by atoms with Crippen molar-refractivity contribution in [3.05, 3.63) is 35.6 Å². The third-order valence-electron chi connectivity index (χ3n) is 2.91. The minimum atomic E-state index is -0.267. The quantitative estimate of drug-likeness (QED) is 0.788. The van der Waals surface area contributed by atoms with Crippen molar-refractivity contribution in [3.63, 3.8) is 0 Å². The largest absolute Gasteiger partial charge is 0.381 e. The number of nitrogens with one attached hydrogen (secondary N) is 1. The second-order valence-electron chi connectivity index (χ2n) is 3.94. The maximum Gasteiger partial charge on any atom is 0.207 e. The molecule has 2 atom stereocenters. The van der Waals surface area contributed by atoms with Crippen LogP contribution in [0.1, 0.15) is 18.0 Å². The summed E-state index contributed by atoms with van der Waals surface area (Å²) >= 11 is 0. The van der Waals surface area contributed by atoms with E-state index in [1.54, 1.807) is 12.1 Å². The van der Waals surface area contributed by atoms with E-state index in [9.17, 15) is 9.18 Å². The van der Waals surface area contributed by atoms with E-state index < -0.39 is 0 Å². The number of carbonyl (C=O) groups is 1. The number of benzene rings is 1. The Morgan fingerprint density at radius 2 is 2.19 bits per heavy atom. The Morgan fingerprint density at radius 1 is 1.44 bits per heavy atom. The Kier molecular flexibility index (Phi) is 3.51. The Bertz CT molecular complexity index is 347. The predicted octanol–water partition coefficient (Wildman–Crippen LogP) is 1.65. The Labute approximate surface area is 93.6 Å². The molecule has 1 fully saturated rings. The van der Waals surface area contributed by atoms with Gasteiger partial charge in [-0.3, -0.25) is 4.79 Å². The fraction of sp³-hybridized carbons (Fsp3) is 0.417. The molecule has 1 aromatic rings. The normalized spacial score (nSPS) is 21.7. The zero-order chi connectivity index (χ0) is 11.4. The van der Waals surface area contributed by atoms with Crippen LogP contribution in [0.5, 0.6) is 0 Å². The van der Waals surface area contributed by atoms with Gasteiger partial charge in [0.05, 0.1) is 12.6 Å². The first-order valence-electron chi connectivity index (χ1n) is 5.34. The van der Waals surface area contributed by atoms with Crippen LogP contribution >= 0.6 is 0 Å². The molecule has 2 unspecified atom stereocenters. The monoisotopic (exact) mass is 223 g/mol. The second-order valence-corrected chi connectivity index (χ2v) is 3.94. The lowest BCUT2D eigenvalue weighted by molar-refractivity contribution is -0.110. The van der Waals surface area contributed by atoms with E-state index in [-0.39, 0.29) is 17.8 Å². The van der Waals surface area contributed by atoms with Crippen LogP contribution < -0.4 is 5.32 Å². The standard InChI is InChI=1S/C12H14FNO2/c13-11-3-1-9(2-4-11)12(14-8-15)10-5-6-16-7-10/h1-4,8,10,12H,5-7H2,(H,14,15). The van der Waals surface area contributed by atoms with Crippen LogP contribution in [-0.2, 0) is 9.53 Å². The fourth-order valence-electron chi connectivity index (χ4n) is 2.06. The summed E-state index contributed by atoms with van der Waals surface area (Å²) in [4.78, 5) is 10.6. The Morgan fingerprint density at radius 3 is 2.75 bits per heavy atom. The lowest BCUT2D eigenvalue weighted by atomic mass is 9.92. The average Bonchev–Trinajstić information content (AvgIpc) is 2.81. The lowest BCUT2D eigenvalue weighted by Gasteiger charge is -2.22. The van der Waals surface area contributed by atoms with E-state index in [4.69, 9.17) is 4.74 Å². The topological polar surface area (TPSA) is 38.3 Å². The van der Waals surface area contributed by atoms with E-state index in [2.05, 4.69) is 5.32 Å². The molecular weight excluding hydrogens is 209 g/mol. The zero-order valence-corrected chi connectivity index (χ0v) is 8.86. The summed E-state index contributed by atoms with van der Waals surface area (Å²) in [5.41, 5.74) is 0.920. The molecule has 16 heavy (non-hydrogen) atoms. The molecule has 0 radical (unpaired) electrons. The van der Waals surface area contributed by atoms with Gasteiger partial charge in [0.15, 0.2) is 0 Å². The van der Waals surface area contributed by atoms with E-state index in [0.717, 1.165) is 18.6 Å². The maximum atomic E-state index is 12.8. The summed E-state index contributed by atoms with van der Waals surface area (Å²) in [5, 5.41) is 2.78. The van der Waals surface area contributed by atoms with Gasteiger partial charge in [0.1, 0.15) is 5.82 Å². The highest BCUT2D eigenvalue weighted by atomic mass is 19.1. The van der Waals surface area contributed by atoms with Gasteiger partial charge in [-0.25, -0.2) is 4.39 Å². The minimum Gasteiger partial charge on any atom is -0.381 e. The molecule has 0 bridgehead atoms. The molecule has 0 saturated carbocycles. The van der Waals surface area contributed by atoms with Gasteiger partial charge in [0.25, 0.3) is 0 Å². The van der Waals surface area contributed by atoms with Crippen LogP contribution in [0.4, 0.5) is 4.39 Å². The summed E-state index contributed by atoms with van der Waals surface area (Å²) < 4.78 is 18.1. The molecule has 0 aliphatic carbocycles. The molecule has 0 spiro atoms. The highest BCUT2D eigenvalue weighted by molar-refractivity contribution is 5.48. The van der Waals surface area contributed by atoms with Crippen LogP contribution in [0.25, 0.3) is 0 Å². The highest BCUT2D eigenvalue weighted by Crippen LogP contribution is 2.28. The van der Waals surface area contributed by atoms with Crippen molar-refractivity contribution in [1.82, 2.24) is 5.32 Å². The highest BCUT2D eigenvalue weighted by Gasteiger charge is 2.26. The summed E-state index contributed by atoms with van der Waals surface area (Å²) in [6.07, 6.45) is 1.61. The summed E-state index contributed by atoms with van der Waals surface area (Å²) in [6.45, 7) is 1.37. The van der Waals surface area contributed by atoms with Crippen molar-refractivity contribution in [2.75, 3.05) is 13.2 Å². The lowest BCUT2D eigenvalue weighted by Crippen LogP contribution is -2.27. The van der Waals surface area contributed by atoms with Crippen molar-refractivity contribution in [2.45, 2.75) is 12.5 Å². The maximum absolute atomic E-state index is 12.8. The van der Waals surface area contributed by atoms with Crippen LogP contribution in [-0.4, -0.2) is 19.6 Å². The summed E-state index contributed by atoms with van der Waals surface area (Å²) in [5.74, 6) is 0.00642. The third-order valence-corrected chi connectivity index (χ3v) is 2.91. The van der Waals surface area contributed by atoms with Gasteiger partial charge < -0.3 is 10.1 Å². The first-order chi connectivity index (χ1) is 7.81. The average molecular weight is 223 g/mol. The van der Waals surface area contributed by atoms with Gasteiger partial charge in [0, 0.05) is 12.5 Å². The van der Waals surface area contributed by atoms with Crippen molar-refractivity contribution in [3.8, 4) is 0 Å². The number of carbonyl (C=O) groups excluding carboxylic acids is 1. The van der Waals surface area contributed by atoms with Gasteiger partial charge in [-0.15, -0.1) is 0 Å². The molecule has 1 aromatic carbocycles. The predicted molar refractivity (Wildman–Crippen MR) is 57.3 cm³/mol. The first kappa shape index (κ1) is 11.1. The summed E-state index contributed by atoms with van der Waals surface area (Å²) in [6, 6.07) is 6.14. The second kappa shape index (κ2) is 5.07. The molecular formula is C12H14FNO2. The Balaban J connectivity index is 2.17. The molecule has 1 heterocycles. The van der Waals surface area contributed by atoms with Crippen molar-refractivity contribution in [1.29, 1.82) is 0 Å². The van der Waals surface area contributed by atoms with E-state index >= 15 is 0 Å². The molecule has 1 aliphatic heterocycles. The number of rotatable bonds is 4. The van der Waals surface area contributed by atoms with E-state index in [1.165, 1.54) is 12.1 Å². The molecule has 1 saturated heterocycles. The first-order valence-corrected chi connectivity index (χ1v) is 5.34. The number of hydrogen-bond acceptors (Lipinski definition) is 2. The van der Waals surface area contributed by atoms with Gasteiger partial charge in [0.2, 0.25) is 6.41 Å². The molecule has 1 aliphatic rings. The van der Waals surface area contributed by atoms with Crippen LogP contribution in [0.2, 0.25) is 0 Å². The van der Waals surface area contributed by atoms with E-state index in [0.29, 0.717) is 13.0 Å². The molecule has 4 heteroatoms. The number of halogens is 1.